The monoisotopic (exact) mass is 605 g/mol. The van der Waals surface area contributed by atoms with Gasteiger partial charge >= 0.3 is 0 Å². The first kappa shape index (κ1) is 31.6. The van der Waals surface area contributed by atoms with Gasteiger partial charge in [-0.1, -0.05) is 18.2 Å². The van der Waals surface area contributed by atoms with Crippen LogP contribution in [0.1, 0.15) is 64.0 Å². The van der Waals surface area contributed by atoms with Crippen molar-refractivity contribution in [1.29, 1.82) is 0 Å². The van der Waals surface area contributed by atoms with E-state index < -0.39 is 30.0 Å². The number of carbonyl (C=O) groups excluding carboxylic acids is 3. The van der Waals surface area contributed by atoms with E-state index in [0.29, 0.717) is 39.3 Å². The third-order valence-corrected chi connectivity index (χ3v) is 9.57. The smallest absolute Gasteiger partial charge is 0.248 e. The third-order valence-electron chi connectivity index (χ3n) is 9.57. The fourth-order valence-corrected chi connectivity index (χ4v) is 6.98. The molecule has 1 saturated carbocycles. The van der Waals surface area contributed by atoms with Gasteiger partial charge < -0.3 is 30.3 Å². The summed E-state index contributed by atoms with van der Waals surface area (Å²) in [6.07, 6.45) is 0.883. The first-order valence-corrected chi connectivity index (χ1v) is 15.6. The van der Waals surface area contributed by atoms with Gasteiger partial charge in [-0.05, 0) is 52.1 Å². The number of nitrogens with zero attached hydrogens (tertiary/aromatic N) is 2. The average molecular weight is 606 g/mol. The van der Waals surface area contributed by atoms with Gasteiger partial charge in [0, 0.05) is 57.1 Å². The topological polar surface area (TPSA) is 112 Å². The summed E-state index contributed by atoms with van der Waals surface area (Å²) in [7, 11) is 1.64. The predicted octanol–water partition coefficient (Wildman–Crippen LogP) is 2.23. The molecule has 2 unspecified atom stereocenters. The number of ether oxygens (including phenoxy) is 2. The molecule has 3 heterocycles. The summed E-state index contributed by atoms with van der Waals surface area (Å²) in [5, 5.41) is 8.94. The third kappa shape index (κ3) is 7.12. The molecule has 3 N–H and O–H groups in total. The fourth-order valence-electron chi connectivity index (χ4n) is 6.98. The average Bonchev–Trinajstić information content (AvgIpc) is 3.40. The van der Waals surface area contributed by atoms with Gasteiger partial charge in [-0.2, -0.15) is 0 Å². The molecule has 3 fully saturated rings. The molecule has 3 aliphatic heterocycles. The molecule has 238 valence electrons. The molecule has 5 rings (SSSR count). The highest BCUT2D eigenvalue weighted by Gasteiger charge is 2.48. The van der Waals surface area contributed by atoms with Gasteiger partial charge in [-0.15, -0.1) is 0 Å². The zero-order valence-electron chi connectivity index (χ0n) is 25.3. The van der Waals surface area contributed by atoms with Crippen LogP contribution in [0.4, 0.5) is 8.78 Å². The van der Waals surface area contributed by atoms with Gasteiger partial charge in [-0.3, -0.25) is 19.3 Å². The maximum absolute atomic E-state index is 14.5. The Morgan fingerprint density at radius 3 is 2.58 bits per heavy atom. The molecule has 1 aromatic rings. The molecule has 3 amide bonds. The molecule has 0 radical (unpaired) electrons. The van der Waals surface area contributed by atoms with Crippen LogP contribution in [0, 0.1) is 5.92 Å². The SMILES string of the molecule is CCOC1C[C@H]2CN(C(=O)[C@@H](NC(=O)[C@H](C)NC)C3CCC(F)(F)CC3)C(C(=O)N[C@@H]3CCOc4ccccc43)CN2C1. The van der Waals surface area contributed by atoms with E-state index in [1.54, 1.807) is 18.9 Å². The second kappa shape index (κ2) is 13.4. The molecule has 0 bridgehead atoms. The van der Waals surface area contributed by atoms with Crippen LogP contribution in [0.5, 0.6) is 5.75 Å². The lowest BCUT2D eigenvalue weighted by Crippen LogP contribution is -2.66. The molecule has 1 aliphatic carbocycles. The summed E-state index contributed by atoms with van der Waals surface area (Å²) in [4.78, 5) is 45.3. The van der Waals surface area contributed by atoms with Gasteiger partial charge in [0.1, 0.15) is 17.8 Å². The summed E-state index contributed by atoms with van der Waals surface area (Å²) in [5.41, 5.74) is 0.889. The standard InChI is InChI=1S/C31H45F2N5O5/c1-4-42-22-15-21-16-38(30(41)27(36-28(39)19(2)34-3)20-9-12-31(32,33)13-10-20)25(18-37(21)17-22)29(40)35-24-11-14-43-26-8-6-5-7-23(24)26/h5-8,19-22,24-25,27,34H,4,9-18H2,1-3H3,(H,35,40)(H,36,39)/t19-,21-,22?,24+,25?,27-/m0/s1. The number of nitrogens with one attached hydrogen (secondary N) is 3. The Morgan fingerprint density at radius 2 is 1.86 bits per heavy atom. The van der Waals surface area contributed by atoms with Gasteiger partial charge in [-0.25, -0.2) is 8.78 Å². The Morgan fingerprint density at radius 1 is 1.12 bits per heavy atom. The predicted molar refractivity (Wildman–Crippen MR) is 156 cm³/mol. The molecule has 12 heteroatoms. The van der Waals surface area contributed by atoms with Crippen molar-refractivity contribution in [3.63, 3.8) is 0 Å². The van der Waals surface area contributed by atoms with Gasteiger partial charge in [0.25, 0.3) is 0 Å². The molecular weight excluding hydrogens is 560 g/mol. The lowest BCUT2D eigenvalue weighted by atomic mass is 9.81. The van der Waals surface area contributed by atoms with Crippen LogP contribution in [0.2, 0.25) is 0 Å². The highest BCUT2D eigenvalue weighted by molar-refractivity contribution is 5.93. The Labute approximate surface area is 252 Å². The number of hydrogen-bond acceptors (Lipinski definition) is 7. The molecule has 0 aromatic heterocycles. The largest absolute Gasteiger partial charge is 0.493 e. The Kier molecular flexibility index (Phi) is 9.87. The molecule has 4 aliphatic rings. The Hall–Kier alpha value is -2.83. The van der Waals surface area contributed by atoms with Crippen LogP contribution in [0.15, 0.2) is 24.3 Å². The van der Waals surface area contributed by atoms with E-state index >= 15 is 0 Å². The van der Waals surface area contributed by atoms with Crippen molar-refractivity contribution in [2.75, 3.05) is 39.9 Å². The summed E-state index contributed by atoms with van der Waals surface area (Å²) < 4.78 is 39.9. The Balaban J connectivity index is 1.41. The minimum Gasteiger partial charge on any atom is -0.493 e. The maximum Gasteiger partial charge on any atom is 0.248 e. The number of fused-ring (bicyclic) bond motifs is 2. The number of piperazine rings is 1. The van der Waals surface area contributed by atoms with Crippen molar-refractivity contribution >= 4 is 17.7 Å². The van der Waals surface area contributed by atoms with Gasteiger partial charge in [0.05, 0.1) is 24.8 Å². The molecule has 1 aromatic carbocycles. The van der Waals surface area contributed by atoms with Crippen LogP contribution < -0.4 is 20.7 Å². The first-order chi connectivity index (χ1) is 20.6. The molecule has 43 heavy (non-hydrogen) atoms. The van der Waals surface area contributed by atoms with Crippen LogP contribution in [-0.4, -0.2) is 104 Å². The van der Waals surface area contributed by atoms with Crippen LogP contribution in [0.3, 0.4) is 0 Å². The van der Waals surface area contributed by atoms with Crippen LogP contribution in [0.25, 0.3) is 0 Å². The molecule has 2 saturated heterocycles. The summed E-state index contributed by atoms with van der Waals surface area (Å²) in [6.45, 7) is 5.95. The van der Waals surface area contributed by atoms with E-state index in [-0.39, 0.29) is 61.6 Å². The van der Waals surface area contributed by atoms with E-state index in [9.17, 15) is 23.2 Å². The molecule has 6 atom stereocenters. The minimum absolute atomic E-state index is 0.00312. The number of halogens is 2. The van der Waals surface area contributed by atoms with Crippen molar-refractivity contribution in [2.24, 2.45) is 5.92 Å². The van der Waals surface area contributed by atoms with Crippen LogP contribution in [-0.2, 0) is 19.1 Å². The number of hydrogen-bond donors (Lipinski definition) is 3. The van der Waals surface area contributed by atoms with Gasteiger partial charge in [0.15, 0.2) is 0 Å². The van der Waals surface area contributed by atoms with Crippen LogP contribution >= 0.6 is 0 Å². The number of rotatable bonds is 9. The summed E-state index contributed by atoms with van der Waals surface area (Å²) >= 11 is 0. The molecular formula is C31H45F2N5O5. The lowest BCUT2D eigenvalue weighted by molar-refractivity contribution is -0.150. The normalized spacial score (nSPS) is 28.6. The van der Waals surface area contributed by atoms with E-state index in [4.69, 9.17) is 9.47 Å². The van der Waals surface area contributed by atoms with E-state index in [1.807, 2.05) is 31.2 Å². The van der Waals surface area contributed by atoms with E-state index in [2.05, 4.69) is 20.9 Å². The zero-order chi connectivity index (χ0) is 30.7. The fraction of sp³-hybridized carbons (Fsp3) is 0.710. The van der Waals surface area contributed by atoms with E-state index in [0.717, 1.165) is 17.7 Å². The van der Waals surface area contributed by atoms with Crippen molar-refractivity contribution in [1.82, 2.24) is 25.8 Å². The number of likely N-dealkylation sites (N-methyl/N-ethyl adjacent to an activating group) is 1. The number of benzene rings is 1. The van der Waals surface area contributed by atoms with Crippen molar-refractivity contribution < 1.29 is 32.6 Å². The van der Waals surface area contributed by atoms with Crippen molar-refractivity contribution in [3.05, 3.63) is 29.8 Å². The highest BCUT2D eigenvalue weighted by Crippen LogP contribution is 2.39. The minimum atomic E-state index is -2.78. The molecule has 10 nitrogen and oxygen atoms in total. The zero-order valence-corrected chi connectivity index (χ0v) is 25.3. The first-order valence-electron chi connectivity index (χ1n) is 15.6. The number of carbonyl (C=O) groups is 3. The van der Waals surface area contributed by atoms with E-state index in [1.165, 1.54) is 0 Å². The number of para-hydroxylation sites is 1. The Bertz CT molecular complexity index is 1160. The summed E-state index contributed by atoms with van der Waals surface area (Å²) in [5.74, 6) is -3.56. The summed E-state index contributed by atoms with van der Waals surface area (Å²) in [6, 6.07) is 4.92. The highest BCUT2D eigenvalue weighted by atomic mass is 19.3. The number of amides is 3. The van der Waals surface area contributed by atoms with Gasteiger partial charge in [0.2, 0.25) is 23.6 Å². The van der Waals surface area contributed by atoms with Crippen molar-refractivity contribution in [3.8, 4) is 5.75 Å². The second-order valence-electron chi connectivity index (χ2n) is 12.4. The second-order valence-corrected chi connectivity index (χ2v) is 12.4. The number of alkyl halides is 2. The maximum atomic E-state index is 14.5. The quantitative estimate of drug-likeness (QED) is 0.396. The lowest BCUT2D eigenvalue weighted by Gasteiger charge is -2.45. The molecule has 0 spiro atoms. The van der Waals surface area contributed by atoms with Crippen molar-refractivity contribution in [2.45, 2.75) is 94.6 Å².